The van der Waals surface area contributed by atoms with Crippen molar-refractivity contribution in [3.05, 3.63) is 29.3 Å². The van der Waals surface area contributed by atoms with Crippen LogP contribution in [0.1, 0.15) is 64.0 Å². The van der Waals surface area contributed by atoms with Crippen molar-refractivity contribution in [3.8, 4) is 0 Å². The second-order valence-corrected chi connectivity index (χ2v) is 9.46. The lowest BCUT2D eigenvalue weighted by Crippen LogP contribution is -2.40. The lowest BCUT2D eigenvalue weighted by atomic mass is 9.69. The molecule has 2 rings (SSSR count). The van der Waals surface area contributed by atoms with Gasteiger partial charge in [0.15, 0.2) is 0 Å². The topological polar surface area (TPSA) is 46.2 Å². The van der Waals surface area contributed by atoms with E-state index in [2.05, 4.69) is 25.5 Å². The van der Waals surface area contributed by atoms with Crippen molar-refractivity contribution < 1.29 is 8.42 Å². The molecule has 0 amide bonds. The van der Waals surface area contributed by atoms with Crippen molar-refractivity contribution in [2.24, 2.45) is 11.3 Å². The molecular formula is C19H31NO2S. The first-order chi connectivity index (χ1) is 10.7. The summed E-state index contributed by atoms with van der Waals surface area (Å²) in [7, 11) is -3.42. The normalized spacial score (nSPS) is 23.0. The molecule has 0 bridgehead atoms. The average molecular weight is 338 g/mol. The maximum absolute atomic E-state index is 12.7. The molecule has 0 radical (unpaired) electrons. The van der Waals surface area contributed by atoms with E-state index in [-0.39, 0.29) is 6.04 Å². The Kier molecular flexibility index (Phi) is 5.57. The van der Waals surface area contributed by atoms with E-state index < -0.39 is 10.0 Å². The maximum Gasteiger partial charge on any atom is 0.241 e. The van der Waals surface area contributed by atoms with Crippen LogP contribution in [0.5, 0.6) is 0 Å². The summed E-state index contributed by atoms with van der Waals surface area (Å²) in [6, 6.07) is 5.58. The van der Waals surface area contributed by atoms with Gasteiger partial charge >= 0.3 is 0 Å². The Labute approximate surface area is 141 Å². The summed E-state index contributed by atoms with van der Waals surface area (Å²) in [5.74, 6) is 0.703. The zero-order chi connectivity index (χ0) is 17.3. The first-order valence-electron chi connectivity index (χ1n) is 8.75. The van der Waals surface area contributed by atoms with Crippen molar-refractivity contribution >= 4 is 10.0 Å². The van der Waals surface area contributed by atoms with E-state index in [0.29, 0.717) is 16.2 Å². The molecule has 0 heterocycles. The van der Waals surface area contributed by atoms with Crippen LogP contribution < -0.4 is 4.72 Å². The zero-order valence-electron chi connectivity index (χ0n) is 15.1. The van der Waals surface area contributed by atoms with Crippen LogP contribution in [0.15, 0.2) is 23.1 Å². The minimum absolute atomic E-state index is 0.0737. The summed E-state index contributed by atoms with van der Waals surface area (Å²) >= 11 is 0. The van der Waals surface area contributed by atoms with Gasteiger partial charge in [-0.3, -0.25) is 0 Å². The van der Waals surface area contributed by atoms with Crippen molar-refractivity contribution in [2.75, 3.05) is 0 Å². The van der Waals surface area contributed by atoms with Crippen LogP contribution in [0.4, 0.5) is 0 Å². The molecule has 0 saturated heterocycles. The van der Waals surface area contributed by atoms with Crippen molar-refractivity contribution in [1.82, 2.24) is 4.72 Å². The Balaban J connectivity index is 2.03. The molecule has 4 heteroatoms. The summed E-state index contributed by atoms with van der Waals surface area (Å²) in [5.41, 5.74) is 2.26. The van der Waals surface area contributed by atoms with Crippen LogP contribution >= 0.6 is 0 Å². The Morgan fingerprint density at radius 1 is 1.13 bits per heavy atom. The number of aryl methyl sites for hydroxylation is 2. The molecule has 1 N–H and O–H groups in total. The van der Waals surface area contributed by atoms with E-state index in [4.69, 9.17) is 0 Å². The molecule has 0 aliphatic heterocycles. The van der Waals surface area contributed by atoms with Crippen molar-refractivity contribution in [1.29, 1.82) is 0 Å². The lowest BCUT2D eigenvalue weighted by molar-refractivity contribution is 0.142. The maximum atomic E-state index is 12.7. The van der Waals surface area contributed by atoms with Gasteiger partial charge in [-0.25, -0.2) is 13.1 Å². The first-order valence-corrected chi connectivity index (χ1v) is 10.2. The SMILES string of the molecule is CCC(C)(C)C1CCC(NS(=O)(=O)c2ccc(C)cc2C)CC1. The smallest absolute Gasteiger partial charge is 0.208 e. The van der Waals surface area contributed by atoms with Gasteiger partial charge in [0.1, 0.15) is 0 Å². The Hall–Kier alpha value is -0.870. The predicted molar refractivity (Wildman–Crippen MR) is 96.1 cm³/mol. The molecule has 1 aliphatic rings. The predicted octanol–water partition coefficient (Wildman–Crippen LogP) is 4.58. The molecular weight excluding hydrogens is 306 g/mol. The molecule has 1 saturated carbocycles. The van der Waals surface area contributed by atoms with Crippen LogP contribution in [0.2, 0.25) is 0 Å². The van der Waals surface area contributed by atoms with Crippen LogP contribution in [-0.4, -0.2) is 14.5 Å². The van der Waals surface area contributed by atoms with E-state index in [9.17, 15) is 8.42 Å². The summed E-state index contributed by atoms with van der Waals surface area (Å²) in [4.78, 5) is 0.416. The highest BCUT2D eigenvalue weighted by molar-refractivity contribution is 7.89. The summed E-state index contributed by atoms with van der Waals surface area (Å²) in [6.07, 6.45) is 5.29. The standard InChI is InChI=1S/C19H31NO2S/c1-6-19(4,5)16-8-10-17(11-9-16)20-23(21,22)18-12-7-14(2)13-15(18)3/h7,12-13,16-17,20H,6,8-11H2,1-5H3. The van der Waals surface area contributed by atoms with E-state index in [0.717, 1.165) is 36.8 Å². The van der Waals surface area contributed by atoms with E-state index in [1.54, 1.807) is 6.07 Å². The van der Waals surface area contributed by atoms with Gasteiger partial charge < -0.3 is 0 Å². The Morgan fingerprint density at radius 3 is 2.26 bits per heavy atom. The third-order valence-electron chi connectivity index (χ3n) is 5.69. The molecule has 1 fully saturated rings. The minimum atomic E-state index is -3.42. The van der Waals surface area contributed by atoms with Crippen LogP contribution in [0.25, 0.3) is 0 Å². The van der Waals surface area contributed by atoms with Gasteiger partial charge in [-0.05, 0) is 62.5 Å². The fourth-order valence-electron chi connectivity index (χ4n) is 3.67. The van der Waals surface area contributed by atoms with Gasteiger partial charge in [0.2, 0.25) is 10.0 Å². The van der Waals surface area contributed by atoms with Gasteiger partial charge in [-0.2, -0.15) is 0 Å². The Bertz CT molecular complexity index is 641. The number of hydrogen-bond donors (Lipinski definition) is 1. The fourth-order valence-corrected chi connectivity index (χ4v) is 5.20. The van der Waals surface area contributed by atoms with Crippen LogP contribution in [-0.2, 0) is 10.0 Å². The highest BCUT2D eigenvalue weighted by atomic mass is 32.2. The molecule has 130 valence electrons. The highest BCUT2D eigenvalue weighted by Crippen LogP contribution is 2.40. The van der Waals surface area contributed by atoms with Gasteiger partial charge in [-0.1, -0.05) is 44.9 Å². The second kappa shape index (κ2) is 6.94. The molecule has 0 atom stereocenters. The number of rotatable bonds is 5. The third kappa shape index (κ3) is 4.36. The molecule has 0 aromatic heterocycles. The highest BCUT2D eigenvalue weighted by Gasteiger charge is 2.33. The lowest BCUT2D eigenvalue weighted by Gasteiger charge is -2.39. The minimum Gasteiger partial charge on any atom is -0.208 e. The molecule has 1 aromatic carbocycles. The van der Waals surface area contributed by atoms with Gasteiger partial charge in [0.05, 0.1) is 4.90 Å². The largest absolute Gasteiger partial charge is 0.241 e. The quantitative estimate of drug-likeness (QED) is 0.855. The average Bonchev–Trinajstić information content (AvgIpc) is 2.47. The molecule has 0 unspecified atom stereocenters. The number of sulfonamides is 1. The third-order valence-corrected chi connectivity index (χ3v) is 7.37. The molecule has 0 spiro atoms. The van der Waals surface area contributed by atoms with E-state index >= 15 is 0 Å². The van der Waals surface area contributed by atoms with Gasteiger partial charge in [0, 0.05) is 6.04 Å². The van der Waals surface area contributed by atoms with Gasteiger partial charge in [-0.15, -0.1) is 0 Å². The number of nitrogens with one attached hydrogen (secondary N) is 1. The van der Waals surface area contributed by atoms with Crippen molar-refractivity contribution in [2.45, 2.75) is 77.7 Å². The van der Waals surface area contributed by atoms with Crippen LogP contribution in [0, 0.1) is 25.2 Å². The molecule has 23 heavy (non-hydrogen) atoms. The molecule has 1 aromatic rings. The summed E-state index contributed by atoms with van der Waals surface area (Å²) in [6.45, 7) is 10.8. The van der Waals surface area contributed by atoms with E-state index in [1.165, 1.54) is 6.42 Å². The zero-order valence-corrected chi connectivity index (χ0v) is 16.0. The van der Waals surface area contributed by atoms with Crippen molar-refractivity contribution in [3.63, 3.8) is 0 Å². The number of hydrogen-bond acceptors (Lipinski definition) is 2. The van der Waals surface area contributed by atoms with Crippen LogP contribution in [0.3, 0.4) is 0 Å². The van der Waals surface area contributed by atoms with E-state index in [1.807, 2.05) is 26.0 Å². The summed E-state index contributed by atoms with van der Waals surface area (Å²) in [5, 5.41) is 0. The Morgan fingerprint density at radius 2 is 1.74 bits per heavy atom. The summed E-state index contributed by atoms with van der Waals surface area (Å²) < 4.78 is 28.2. The molecule has 3 nitrogen and oxygen atoms in total. The fraction of sp³-hybridized carbons (Fsp3) is 0.684. The van der Waals surface area contributed by atoms with Gasteiger partial charge in [0.25, 0.3) is 0 Å². The first kappa shape index (κ1) is 18.5. The monoisotopic (exact) mass is 337 g/mol. The number of benzene rings is 1. The molecule has 1 aliphatic carbocycles. The second-order valence-electron chi connectivity index (χ2n) is 7.78.